The largest absolute Gasteiger partial charge is 0.457 e. The normalized spacial score (nSPS) is 21.6. The highest BCUT2D eigenvalue weighted by atomic mass is 32.1. The minimum absolute atomic E-state index is 0.0550. The third kappa shape index (κ3) is 5.79. The van der Waals surface area contributed by atoms with E-state index in [1.54, 1.807) is 4.90 Å². The van der Waals surface area contributed by atoms with Crippen molar-refractivity contribution in [3.63, 3.8) is 0 Å². The van der Waals surface area contributed by atoms with Gasteiger partial charge in [0.2, 0.25) is 0 Å². The number of amides is 1. The lowest BCUT2D eigenvalue weighted by Gasteiger charge is -2.30. The molecule has 0 radical (unpaired) electrons. The van der Waals surface area contributed by atoms with Gasteiger partial charge in [-0.25, -0.2) is 4.39 Å². The molecule has 0 spiro atoms. The first-order chi connectivity index (χ1) is 20.6. The molecule has 7 rings (SSSR count). The van der Waals surface area contributed by atoms with Gasteiger partial charge in [0.25, 0.3) is 5.91 Å². The Morgan fingerprint density at radius 3 is 2.45 bits per heavy atom. The van der Waals surface area contributed by atoms with Gasteiger partial charge in [0.15, 0.2) is 0 Å². The quantitative estimate of drug-likeness (QED) is 0.224. The summed E-state index contributed by atoms with van der Waals surface area (Å²) in [6, 6.07) is 27.1. The molecule has 8 heteroatoms. The van der Waals surface area contributed by atoms with E-state index < -0.39 is 0 Å². The number of hydrogen-bond acceptors (Lipinski definition) is 6. The predicted octanol–water partition coefficient (Wildman–Crippen LogP) is 6.54. The Balaban J connectivity index is 1.01. The lowest BCUT2D eigenvalue weighted by molar-refractivity contribution is 0.0988. The minimum Gasteiger partial charge on any atom is -0.457 e. The van der Waals surface area contributed by atoms with Crippen LogP contribution in [0, 0.1) is 23.6 Å². The molecule has 42 heavy (non-hydrogen) atoms. The van der Waals surface area contributed by atoms with E-state index in [0.29, 0.717) is 66.9 Å². The zero-order chi connectivity index (χ0) is 28.5. The second-order valence-electron chi connectivity index (χ2n) is 11.4. The molecule has 4 aromatic rings. The topological polar surface area (TPSA) is 45.2 Å². The molecule has 216 valence electrons. The zero-order valence-electron chi connectivity index (χ0n) is 23.4. The first-order valence-electron chi connectivity index (χ1n) is 14.6. The summed E-state index contributed by atoms with van der Waals surface area (Å²) in [5.74, 6) is 2.84. The molecule has 1 amide bonds. The Labute approximate surface area is 249 Å². The van der Waals surface area contributed by atoms with Crippen LogP contribution in [0.1, 0.15) is 15.2 Å². The molecule has 2 unspecified atom stereocenters. The maximum atomic E-state index is 15.4. The molecule has 2 aliphatic heterocycles. The second kappa shape index (κ2) is 11.9. The molecule has 1 aromatic heterocycles. The van der Waals surface area contributed by atoms with Crippen molar-refractivity contribution in [2.75, 3.05) is 55.7 Å². The van der Waals surface area contributed by atoms with E-state index >= 15 is 4.39 Å². The van der Waals surface area contributed by atoms with Crippen molar-refractivity contribution < 1.29 is 18.7 Å². The number of morpholine rings is 1. The van der Waals surface area contributed by atoms with Crippen molar-refractivity contribution >= 4 is 28.6 Å². The Morgan fingerprint density at radius 2 is 1.71 bits per heavy atom. The number of thiophene rings is 1. The van der Waals surface area contributed by atoms with Crippen LogP contribution < -0.4 is 14.5 Å². The average molecular weight is 584 g/mol. The van der Waals surface area contributed by atoms with Gasteiger partial charge in [-0.15, -0.1) is 11.3 Å². The van der Waals surface area contributed by atoms with Crippen LogP contribution in [0.15, 0.2) is 90.3 Å². The van der Waals surface area contributed by atoms with Gasteiger partial charge < -0.3 is 19.3 Å². The molecule has 1 saturated carbocycles. The number of para-hydroxylation sites is 1. The van der Waals surface area contributed by atoms with Crippen LogP contribution in [-0.2, 0) is 11.3 Å². The van der Waals surface area contributed by atoms with E-state index in [2.05, 4.69) is 17.0 Å². The van der Waals surface area contributed by atoms with Crippen molar-refractivity contribution in [1.82, 2.24) is 4.90 Å². The summed E-state index contributed by atoms with van der Waals surface area (Å²) in [4.78, 5) is 20.6. The van der Waals surface area contributed by atoms with Crippen molar-refractivity contribution in [2.45, 2.75) is 6.54 Å². The molecule has 1 aliphatic carbocycles. The summed E-state index contributed by atoms with van der Waals surface area (Å²) >= 11 is 1.43. The number of ether oxygens (including phenoxy) is 2. The fraction of sp³-hybridized carbons (Fsp3) is 0.324. The molecule has 3 heterocycles. The second-order valence-corrected chi connectivity index (χ2v) is 12.3. The summed E-state index contributed by atoms with van der Waals surface area (Å²) in [7, 11) is 0. The molecule has 2 saturated heterocycles. The van der Waals surface area contributed by atoms with Gasteiger partial charge in [-0.3, -0.25) is 9.69 Å². The number of halogens is 1. The highest BCUT2D eigenvalue weighted by Crippen LogP contribution is 2.52. The number of carbonyl (C=O) groups is 1. The molecule has 6 nitrogen and oxygen atoms in total. The van der Waals surface area contributed by atoms with Crippen LogP contribution >= 0.6 is 11.3 Å². The van der Waals surface area contributed by atoms with E-state index in [1.807, 2.05) is 77.0 Å². The van der Waals surface area contributed by atoms with E-state index in [9.17, 15) is 4.79 Å². The summed E-state index contributed by atoms with van der Waals surface area (Å²) in [5, 5.41) is 1.91. The van der Waals surface area contributed by atoms with Crippen LogP contribution in [0.2, 0.25) is 0 Å². The highest BCUT2D eigenvalue weighted by Gasteiger charge is 2.56. The van der Waals surface area contributed by atoms with Gasteiger partial charge in [0.05, 0.1) is 23.8 Å². The average Bonchev–Trinajstić information content (AvgIpc) is 3.37. The SMILES string of the molecule is O=C(c1cccs1)N(CC1C2CN(Cc3cccc(Oc4ccccc4)c3)CC21)c1ccc(N2CCOCC2)c(F)c1. The van der Waals surface area contributed by atoms with Crippen LogP contribution in [0.3, 0.4) is 0 Å². The van der Waals surface area contributed by atoms with Crippen LogP contribution in [0.4, 0.5) is 15.8 Å². The minimum atomic E-state index is -0.293. The van der Waals surface area contributed by atoms with Crippen molar-refractivity contribution in [2.24, 2.45) is 17.8 Å². The van der Waals surface area contributed by atoms with Crippen LogP contribution in [0.5, 0.6) is 11.5 Å². The van der Waals surface area contributed by atoms with Crippen molar-refractivity contribution in [1.29, 1.82) is 0 Å². The number of nitrogens with zero attached hydrogens (tertiary/aromatic N) is 3. The summed E-state index contributed by atoms with van der Waals surface area (Å²) < 4.78 is 26.8. The molecular weight excluding hydrogens is 549 g/mol. The molecule has 3 fully saturated rings. The Bertz CT molecular complexity index is 1510. The van der Waals surface area contributed by atoms with Crippen LogP contribution in [-0.4, -0.2) is 56.7 Å². The smallest absolute Gasteiger partial charge is 0.268 e. The fourth-order valence-electron chi connectivity index (χ4n) is 6.50. The van der Waals surface area contributed by atoms with Gasteiger partial charge in [-0.05, 0) is 77.2 Å². The van der Waals surface area contributed by atoms with E-state index in [4.69, 9.17) is 9.47 Å². The number of rotatable bonds is 9. The molecular formula is C34H34FN3O3S. The summed E-state index contributed by atoms with van der Waals surface area (Å²) in [5.41, 5.74) is 2.43. The van der Waals surface area contributed by atoms with Crippen molar-refractivity contribution in [3.05, 3.63) is 107 Å². The third-order valence-corrected chi connectivity index (χ3v) is 9.55. The number of benzene rings is 3. The molecule has 0 bridgehead atoms. The monoisotopic (exact) mass is 583 g/mol. The fourth-order valence-corrected chi connectivity index (χ4v) is 7.17. The highest BCUT2D eigenvalue weighted by molar-refractivity contribution is 7.12. The number of piperidine rings is 1. The number of anilines is 2. The van der Waals surface area contributed by atoms with Crippen LogP contribution in [0.25, 0.3) is 0 Å². The van der Waals surface area contributed by atoms with Gasteiger partial charge in [-0.2, -0.15) is 0 Å². The van der Waals surface area contributed by atoms with Gasteiger partial charge >= 0.3 is 0 Å². The van der Waals surface area contributed by atoms with Gasteiger partial charge in [-0.1, -0.05) is 36.4 Å². The maximum absolute atomic E-state index is 15.4. The van der Waals surface area contributed by atoms with E-state index in [1.165, 1.54) is 23.0 Å². The van der Waals surface area contributed by atoms with Gasteiger partial charge in [0.1, 0.15) is 17.3 Å². The standard InChI is InChI=1S/C34H34FN3O3S/c35-31-19-25(11-12-32(31)37-13-15-40-16-14-37)38(34(39)33-10-5-17-42-33)23-30-28-21-36(22-29(28)30)20-24-6-4-9-27(18-24)41-26-7-2-1-3-8-26/h1-12,17-19,28-30H,13-16,20-23H2. The van der Waals surface area contributed by atoms with Gasteiger partial charge in [0, 0.05) is 45.0 Å². The van der Waals surface area contributed by atoms with E-state index in [0.717, 1.165) is 31.1 Å². The Hall–Kier alpha value is -3.72. The first kappa shape index (κ1) is 27.1. The first-order valence-corrected chi connectivity index (χ1v) is 15.5. The molecule has 3 aromatic carbocycles. The lowest BCUT2D eigenvalue weighted by Crippen LogP contribution is -2.37. The van der Waals surface area contributed by atoms with Crippen molar-refractivity contribution in [3.8, 4) is 11.5 Å². The Kier molecular flexibility index (Phi) is 7.67. The Morgan fingerprint density at radius 1 is 0.929 bits per heavy atom. The summed E-state index contributed by atoms with van der Waals surface area (Å²) in [6.07, 6.45) is 0. The summed E-state index contributed by atoms with van der Waals surface area (Å²) in [6.45, 7) is 6.02. The lowest BCUT2D eigenvalue weighted by atomic mass is 10.1. The molecule has 0 N–H and O–H groups in total. The predicted molar refractivity (Wildman–Crippen MR) is 164 cm³/mol. The maximum Gasteiger partial charge on any atom is 0.268 e. The number of hydrogen-bond donors (Lipinski definition) is 0. The number of carbonyl (C=O) groups excluding carboxylic acids is 1. The number of likely N-dealkylation sites (tertiary alicyclic amines) is 1. The molecule has 2 atom stereocenters. The third-order valence-electron chi connectivity index (χ3n) is 8.70. The molecule has 3 aliphatic rings. The van der Waals surface area contributed by atoms with E-state index in [-0.39, 0.29) is 11.7 Å². The zero-order valence-corrected chi connectivity index (χ0v) is 24.2. The number of fused-ring (bicyclic) bond motifs is 1.